The van der Waals surface area contributed by atoms with Crippen LogP contribution in [0.3, 0.4) is 0 Å². The van der Waals surface area contributed by atoms with Crippen molar-refractivity contribution < 1.29 is 5.11 Å². The zero-order valence-corrected chi connectivity index (χ0v) is 14.6. The predicted molar refractivity (Wildman–Crippen MR) is 91.2 cm³/mol. The Morgan fingerprint density at radius 2 is 2.27 bits per heavy atom. The molecule has 1 aliphatic heterocycles. The van der Waals surface area contributed by atoms with E-state index in [9.17, 15) is 5.11 Å². The van der Waals surface area contributed by atoms with E-state index in [0.717, 1.165) is 34.4 Å². The lowest BCUT2D eigenvalue weighted by Gasteiger charge is -2.30. The third-order valence-corrected chi connectivity index (χ3v) is 6.07. The third kappa shape index (κ3) is 4.13. The molecule has 3 rings (SSSR count). The first kappa shape index (κ1) is 16.1. The Labute approximate surface area is 139 Å². The van der Waals surface area contributed by atoms with Crippen molar-refractivity contribution >= 4 is 22.7 Å². The van der Waals surface area contributed by atoms with Gasteiger partial charge in [-0.15, -0.1) is 32.9 Å². The van der Waals surface area contributed by atoms with Crippen LogP contribution in [-0.4, -0.2) is 32.8 Å². The van der Waals surface area contributed by atoms with Gasteiger partial charge in [0, 0.05) is 10.9 Å². The molecular formula is C16H23N3OS2. The fourth-order valence-corrected chi connectivity index (χ4v) is 4.60. The van der Waals surface area contributed by atoms with Gasteiger partial charge in [-0.1, -0.05) is 18.9 Å². The quantitative estimate of drug-likeness (QED) is 0.902. The number of aromatic nitrogens is 2. The van der Waals surface area contributed by atoms with E-state index in [4.69, 9.17) is 0 Å². The van der Waals surface area contributed by atoms with Gasteiger partial charge in [-0.25, -0.2) is 0 Å². The molecule has 0 spiro atoms. The standard InChI is InChI=1S/C16H23N3OS2/c1-12-17-18-16(22-12)11-19-8-4-2-3-6-13(19)10-14(20)15-7-5-9-21-15/h5,7,9,13-14,20H,2-4,6,8,10-11H2,1H3. The molecule has 4 nitrogen and oxygen atoms in total. The summed E-state index contributed by atoms with van der Waals surface area (Å²) in [6.07, 6.45) is 5.42. The smallest absolute Gasteiger partial charge is 0.131 e. The van der Waals surface area contributed by atoms with E-state index >= 15 is 0 Å². The average molecular weight is 338 g/mol. The van der Waals surface area contributed by atoms with E-state index in [1.54, 1.807) is 22.7 Å². The second kappa shape index (κ2) is 7.64. The topological polar surface area (TPSA) is 49.2 Å². The average Bonchev–Trinajstić information content (AvgIpc) is 3.12. The Balaban J connectivity index is 1.67. The van der Waals surface area contributed by atoms with Crippen LogP contribution in [0, 0.1) is 6.92 Å². The molecule has 2 aromatic rings. The number of aryl methyl sites for hydroxylation is 1. The molecule has 1 saturated heterocycles. The summed E-state index contributed by atoms with van der Waals surface area (Å²) in [4.78, 5) is 3.58. The van der Waals surface area contributed by atoms with Crippen molar-refractivity contribution in [3.8, 4) is 0 Å². The number of hydrogen-bond acceptors (Lipinski definition) is 6. The number of hydrogen-bond donors (Lipinski definition) is 1. The van der Waals surface area contributed by atoms with Crippen LogP contribution in [0.4, 0.5) is 0 Å². The molecule has 2 atom stereocenters. The molecular weight excluding hydrogens is 314 g/mol. The molecule has 0 saturated carbocycles. The first-order valence-electron chi connectivity index (χ1n) is 7.97. The zero-order chi connectivity index (χ0) is 15.4. The number of nitrogens with zero attached hydrogens (tertiary/aromatic N) is 3. The number of aliphatic hydroxyl groups is 1. The van der Waals surface area contributed by atoms with Crippen LogP contribution in [0.15, 0.2) is 17.5 Å². The van der Waals surface area contributed by atoms with Crippen LogP contribution in [0.2, 0.25) is 0 Å². The highest BCUT2D eigenvalue weighted by molar-refractivity contribution is 7.11. The van der Waals surface area contributed by atoms with Crippen molar-refractivity contribution in [3.63, 3.8) is 0 Å². The molecule has 1 aliphatic rings. The van der Waals surface area contributed by atoms with Gasteiger partial charge in [-0.3, -0.25) is 4.90 Å². The minimum absolute atomic E-state index is 0.346. The lowest BCUT2D eigenvalue weighted by Crippen LogP contribution is -2.35. The third-order valence-electron chi connectivity index (χ3n) is 4.27. The minimum atomic E-state index is -0.346. The van der Waals surface area contributed by atoms with Gasteiger partial charge in [-0.05, 0) is 44.2 Å². The van der Waals surface area contributed by atoms with Crippen molar-refractivity contribution in [2.75, 3.05) is 6.54 Å². The summed E-state index contributed by atoms with van der Waals surface area (Å²) in [5, 5.41) is 23.1. The summed E-state index contributed by atoms with van der Waals surface area (Å²) in [5.74, 6) is 0. The molecule has 0 bridgehead atoms. The van der Waals surface area contributed by atoms with Crippen LogP contribution < -0.4 is 0 Å². The van der Waals surface area contributed by atoms with Crippen molar-refractivity contribution in [2.24, 2.45) is 0 Å². The van der Waals surface area contributed by atoms with Crippen molar-refractivity contribution in [1.29, 1.82) is 0 Å². The number of thiophene rings is 1. The van der Waals surface area contributed by atoms with Gasteiger partial charge in [0.1, 0.15) is 10.0 Å². The van der Waals surface area contributed by atoms with Crippen LogP contribution in [-0.2, 0) is 6.54 Å². The van der Waals surface area contributed by atoms with Gasteiger partial charge in [0.2, 0.25) is 0 Å². The number of likely N-dealkylation sites (tertiary alicyclic amines) is 1. The molecule has 22 heavy (non-hydrogen) atoms. The highest BCUT2D eigenvalue weighted by Gasteiger charge is 2.25. The first-order chi connectivity index (χ1) is 10.7. The van der Waals surface area contributed by atoms with Crippen LogP contribution >= 0.6 is 22.7 Å². The maximum Gasteiger partial charge on any atom is 0.131 e. The summed E-state index contributed by atoms with van der Waals surface area (Å²) < 4.78 is 0. The summed E-state index contributed by atoms with van der Waals surface area (Å²) >= 11 is 3.33. The summed E-state index contributed by atoms with van der Waals surface area (Å²) in [6.45, 7) is 3.97. The van der Waals surface area contributed by atoms with Crippen LogP contribution in [0.5, 0.6) is 0 Å². The molecule has 1 fully saturated rings. The summed E-state index contributed by atoms with van der Waals surface area (Å²) in [7, 11) is 0. The molecule has 120 valence electrons. The Bertz CT molecular complexity index is 570. The Morgan fingerprint density at radius 1 is 1.36 bits per heavy atom. The second-order valence-corrected chi connectivity index (χ2v) is 8.20. The lowest BCUT2D eigenvalue weighted by atomic mass is 10.0. The highest BCUT2D eigenvalue weighted by atomic mass is 32.1. The van der Waals surface area contributed by atoms with Gasteiger partial charge >= 0.3 is 0 Å². The molecule has 2 unspecified atom stereocenters. The molecule has 0 aliphatic carbocycles. The van der Waals surface area contributed by atoms with E-state index in [2.05, 4.69) is 15.1 Å². The van der Waals surface area contributed by atoms with E-state index in [0.29, 0.717) is 6.04 Å². The lowest BCUT2D eigenvalue weighted by molar-refractivity contribution is 0.0994. The second-order valence-electron chi connectivity index (χ2n) is 5.96. The van der Waals surface area contributed by atoms with E-state index < -0.39 is 0 Å². The van der Waals surface area contributed by atoms with Gasteiger partial charge in [0.25, 0.3) is 0 Å². The molecule has 1 N–H and O–H groups in total. The highest BCUT2D eigenvalue weighted by Crippen LogP contribution is 2.29. The van der Waals surface area contributed by atoms with Crippen molar-refractivity contribution in [3.05, 3.63) is 32.4 Å². The zero-order valence-electron chi connectivity index (χ0n) is 12.9. The van der Waals surface area contributed by atoms with E-state index in [1.807, 2.05) is 24.4 Å². The van der Waals surface area contributed by atoms with Gasteiger partial charge < -0.3 is 5.11 Å². The summed E-state index contributed by atoms with van der Waals surface area (Å²) in [6, 6.07) is 4.48. The number of rotatable bonds is 5. The summed E-state index contributed by atoms with van der Waals surface area (Å²) in [5.41, 5.74) is 0. The maximum atomic E-state index is 10.5. The normalized spacial score (nSPS) is 21.6. The van der Waals surface area contributed by atoms with Crippen LogP contribution in [0.1, 0.15) is 53.1 Å². The fraction of sp³-hybridized carbons (Fsp3) is 0.625. The Kier molecular flexibility index (Phi) is 5.57. The van der Waals surface area contributed by atoms with Gasteiger partial charge in [0.05, 0.1) is 12.6 Å². The molecule has 2 aromatic heterocycles. The fourth-order valence-electron chi connectivity index (χ4n) is 3.14. The van der Waals surface area contributed by atoms with E-state index in [-0.39, 0.29) is 6.10 Å². The first-order valence-corrected chi connectivity index (χ1v) is 9.66. The minimum Gasteiger partial charge on any atom is -0.388 e. The predicted octanol–water partition coefficient (Wildman–Crippen LogP) is 3.78. The largest absolute Gasteiger partial charge is 0.388 e. The molecule has 0 aromatic carbocycles. The van der Waals surface area contributed by atoms with Gasteiger partial charge in [0.15, 0.2) is 0 Å². The van der Waals surface area contributed by atoms with Crippen molar-refractivity contribution in [1.82, 2.24) is 15.1 Å². The van der Waals surface area contributed by atoms with Gasteiger partial charge in [-0.2, -0.15) is 0 Å². The Hall–Kier alpha value is -0.820. The molecule has 6 heteroatoms. The van der Waals surface area contributed by atoms with E-state index in [1.165, 1.54) is 25.7 Å². The number of aliphatic hydroxyl groups excluding tert-OH is 1. The van der Waals surface area contributed by atoms with Crippen molar-refractivity contribution in [2.45, 2.75) is 57.7 Å². The SMILES string of the molecule is Cc1nnc(CN2CCCCCC2CC(O)c2cccs2)s1. The molecule has 3 heterocycles. The van der Waals surface area contributed by atoms with Crippen LogP contribution in [0.25, 0.3) is 0 Å². The molecule has 0 amide bonds. The monoisotopic (exact) mass is 337 g/mol. The maximum absolute atomic E-state index is 10.5. The Morgan fingerprint density at radius 3 is 3.00 bits per heavy atom. The molecule has 0 radical (unpaired) electrons.